The number of halogens is 2. The summed E-state index contributed by atoms with van der Waals surface area (Å²) in [5.41, 5.74) is 6.74. The molecule has 0 aliphatic heterocycles. The molecule has 1 saturated carbocycles. The molecule has 2 rings (SSSR count). The van der Waals surface area contributed by atoms with Crippen LogP contribution >= 0.6 is 27.5 Å². The summed E-state index contributed by atoms with van der Waals surface area (Å²) in [6, 6.07) is 3.32. The summed E-state index contributed by atoms with van der Waals surface area (Å²) >= 11 is 8.94. The lowest BCUT2D eigenvalue weighted by atomic mass is 10.2. The topological polar surface area (TPSA) is 70.1 Å². The van der Waals surface area contributed by atoms with Crippen LogP contribution in [0.2, 0.25) is 5.02 Å². The molecule has 0 saturated heterocycles. The maximum atomic E-state index is 7.57. The number of aliphatic hydroxyl groups excluding tert-OH is 1. The fraction of sp³-hybridized carbons (Fsp3) is 0.417. The van der Waals surface area contributed by atoms with Gasteiger partial charge in [-0.25, -0.2) is 0 Å². The maximum absolute atomic E-state index is 7.57. The normalized spacial score (nSPS) is 11.5. The van der Waals surface area contributed by atoms with Crippen LogP contribution in [0.1, 0.15) is 31.7 Å². The second-order valence-electron chi connectivity index (χ2n) is 3.41. The van der Waals surface area contributed by atoms with Crippen molar-refractivity contribution in [3.63, 3.8) is 0 Å². The molecular formula is C12H18BrClN2O. The van der Waals surface area contributed by atoms with Crippen LogP contribution < -0.4 is 5.73 Å². The molecule has 1 fully saturated rings. The number of nitrogens with one attached hydrogen (secondary N) is 1. The van der Waals surface area contributed by atoms with Gasteiger partial charge < -0.3 is 16.2 Å². The number of aliphatic hydroxyl groups is 1. The van der Waals surface area contributed by atoms with Crippen LogP contribution in [0, 0.1) is 5.41 Å². The molecule has 4 N–H and O–H groups in total. The van der Waals surface area contributed by atoms with E-state index in [0.717, 1.165) is 4.47 Å². The van der Waals surface area contributed by atoms with Crippen molar-refractivity contribution in [2.24, 2.45) is 0 Å². The molecule has 1 aromatic carbocycles. The van der Waals surface area contributed by atoms with Gasteiger partial charge in [-0.15, -0.1) is 0 Å². The lowest BCUT2D eigenvalue weighted by molar-refractivity contribution is 0.318. The molecule has 0 spiro atoms. The molecule has 0 bridgehead atoms. The first-order chi connectivity index (χ1) is 8.06. The second kappa shape index (κ2) is 9.45. The van der Waals surface area contributed by atoms with E-state index in [1.165, 1.54) is 25.5 Å². The standard InChI is InChI=1S/C7H6BrClN2.C3H6.C2H6O/c8-6-1-4(9)2-7(11)5(6)3-10;1-2-3-1;1-2-3/h1-3,10H,11H2;1-3H2;3H,2H2,1H3. The number of anilines is 1. The zero-order valence-electron chi connectivity index (χ0n) is 9.84. The average molecular weight is 322 g/mol. The van der Waals surface area contributed by atoms with Gasteiger partial charge in [0.15, 0.2) is 0 Å². The minimum Gasteiger partial charge on any atom is -0.398 e. The van der Waals surface area contributed by atoms with Crippen molar-refractivity contribution in [2.75, 3.05) is 12.3 Å². The summed E-state index contributed by atoms with van der Waals surface area (Å²) in [5.74, 6) is 0. The minimum atomic E-state index is 0.250. The molecule has 1 aromatic rings. The van der Waals surface area contributed by atoms with Gasteiger partial charge in [0.05, 0.1) is 0 Å². The van der Waals surface area contributed by atoms with Gasteiger partial charge in [-0.2, -0.15) is 0 Å². The molecule has 0 radical (unpaired) electrons. The van der Waals surface area contributed by atoms with Gasteiger partial charge in [0, 0.05) is 33.6 Å². The van der Waals surface area contributed by atoms with Crippen LogP contribution in [-0.4, -0.2) is 17.9 Å². The van der Waals surface area contributed by atoms with Crippen molar-refractivity contribution in [1.82, 2.24) is 0 Å². The number of hydrogen-bond acceptors (Lipinski definition) is 3. The van der Waals surface area contributed by atoms with Crippen molar-refractivity contribution in [2.45, 2.75) is 26.2 Å². The number of nitrogens with two attached hydrogens (primary N) is 1. The molecule has 0 unspecified atom stereocenters. The molecule has 0 heterocycles. The van der Waals surface area contributed by atoms with Crippen LogP contribution in [0.3, 0.4) is 0 Å². The number of hydrogen-bond donors (Lipinski definition) is 3. The van der Waals surface area contributed by atoms with Crippen molar-refractivity contribution in [3.8, 4) is 0 Å². The Hall–Kier alpha value is -0.580. The lowest BCUT2D eigenvalue weighted by Gasteiger charge is -2.02. The maximum Gasteiger partial charge on any atom is 0.0438 e. The zero-order chi connectivity index (χ0) is 13.3. The minimum absolute atomic E-state index is 0.250. The van der Waals surface area contributed by atoms with Crippen molar-refractivity contribution < 1.29 is 5.11 Å². The highest BCUT2D eigenvalue weighted by Gasteiger charge is 2.02. The lowest BCUT2D eigenvalue weighted by Crippen LogP contribution is -1.93. The third-order valence-electron chi connectivity index (χ3n) is 1.62. The van der Waals surface area contributed by atoms with Gasteiger partial charge in [-0.1, -0.05) is 30.9 Å². The van der Waals surface area contributed by atoms with E-state index in [4.69, 9.17) is 27.9 Å². The highest BCUT2D eigenvalue weighted by molar-refractivity contribution is 9.10. The molecular weight excluding hydrogens is 304 g/mol. The zero-order valence-corrected chi connectivity index (χ0v) is 12.2. The van der Waals surface area contributed by atoms with Crippen LogP contribution in [0.4, 0.5) is 5.69 Å². The molecule has 1 aliphatic rings. The Balaban J connectivity index is 0.000000350. The van der Waals surface area contributed by atoms with E-state index < -0.39 is 0 Å². The van der Waals surface area contributed by atoms with Gasteiger partial charge >= 0.3 is 0 Å². The quantitative estimate of drug-likeness (QED) is 0.543. The largest absolute Gasteiger partial charge is 0.398 e. The summed E-state index contributed by atoms with van der Waals surface area (Å²) in [6.07, 6.45) is 5.69. The van der Waals surface area contributed by atoms with Crippen LogP contribution in [0.25, 0.3) is 0 Å². The van der Waals surface area contributed by atoms with E-state index in [1.54, 1.807) is 19.1 Å². The molecule has 0 aromatic heterocycles. The van der Waals surface area contributed by atoms with E-state index in [2.05, 4.69) is 15.9 Å². The highest BCUT2D eigenvalue weighted by atomic mass is 79.9. The summed E-state index contributed by atoms with van der Waals surface area (Å²) in [5, 5.41) is 15.2. The first-order valence-electron chi connectivity index (χ1n) is 5.42. The van der Waals surface area contributed by atoms with E-state index in [1.807, 2.05) is 0 Å². The Kier molecular flexibility index (Phi) is 9.13. The third-order valence-corrected chi connectivity index (χ3v) is 2.50. The smallest absolute Gasteiger partial charge is 0.0438 e. The second-order valence-corrected chi connectivity index (χ2v) is 4.70. The summed E-state index contributed by atoms with van der Waals surface area (Å²) in [4.78, 5) is 0. The number of benzene rings is 1. The Bertz CT molecular complexity index is 331. The van der Waals surface area contributed by atoms with Crippen LogP contribution in [-0.2, 0) is 0 Å². The Morgan fingerprint density at radius 2 is 1.94 bits per heavy atom. The van der Waals surface area contributed by atoms with E-state index in [0.29, 0.717) is 16.3 Å². The molecule has 0 atom stereocenters. The third kappa shape index (κ3) is 8.18. The molecule has 0 amide bonds. The number of nitrogen functional groups attached to an aromatic ring is 1. The molecule has 5 heteroatoms. The Morgan fingerprint density at radius 3 is 2.24 bits per heavy atom. The fourth-order valence-electron chi connectivity index (χ4n) is 0.757. The molecule has 96 valence electrons. The predicted molar refractivity (Wildman–Crippen MR) is 78.1 cm³/mol. The van der Waals surface area contributed by atoms with Crippen molar-refractivity contribution >= 4 is 39.4 Å². The van der Waals surface area contributed by atoms with Crippen molar-refractivity contribution in [1.29, 1.82) is 5.41 Å². The molecule has 17 heavy (non-hydrogen) atoms. The fourth-order valence-corrected chi connectivity index (χ4v) is 1.71. The SMILES string of the molecule is C1CC1.CCO.N=Cc1c(N)cc(Cl)cc1Br. The van der Waals surface area contributed by atoms with Gasteiger partial charge in [0.1, 0.15) is 0 Å². The first-order valence-corrected chi connectivity index (χ1v) is 6.59. The van der Waals surface area contributed by atoms with E-state index in [9.17, 15) is 0 Å². The van der Waals surface area contributed by atoms with Crippen molar-refractivity contribution in [3.05, 3.63) is 27.2 Å². The van der Waals surface area contributed by atoms with Gasteiger partial charge in [-0.3, -0.25) is 0 Å². The summed E-state index contributed by atoms with van der Waals surface area (Å²) in [7, 11) is 0. The van der Waals surface area contributed by atoms with E-state index in [-0.39, 0.29) is 6.61 Å². The Morgan fingerprint density at radius 1 is 1.47 bits per heavy atom. The molecule has 1 aliphatic carbocycles. The van der Waals surface area contributed by atoms with Gasteiger partial charge in [0.2, 0.25) is 0 Å². The predicted octanol–water partition coefficient (Wildman–Crippen LogP) is 3.85. The van der Waals surface area contributed by atoms with Crippen LogP contribution in [0.15, 0.2) is 16.6 Å². The first kappa shape index (κ1) is 16.4. The Labute approximate surface area is 116 Å². The summed E-state index contributed by atoms with van der Waals surface area (Å²) < 4.78 is 0.748. The number of rotatable bonds is 1. The van der Waals surface area contributed by atoms with Gasteiger partial charge in [0.25, 0.3) is 0 Å². The summed E-state index contributed by atoms with van der Waals surface area (Å²) in [6.45, 7) is 1.93. The van der Waals surface area contributed by atoms with E-state index >= 15 is 0 Å². The highest BCUT2D eigenvalue weighted by Crippen LogP contribution is 2.25. The monoisotopic (exact) mass is 320 g/mol. The van der Waals surface area contributed by atoms with Gasteiger partial charge in [-0.05, 0) is 35.0 Å². The molecule has 3 nitrogen and oxygen atoms in total. The average Bonchev–Trinajstić information content (AvgIpc) is 3.04. The van der Waals surface area contributed by atoms with Crippen LogP contribution in [0.5, 0.6) is 0 Å².